The summed E-state index contributed by atoms with van der Waals surface area (Å²) in [4.78, 5) is 22.8. The van der Waals surface area contributed by atoms with Gasteiger partial charge in [-0.1, -0.05) is 0 Å². The molecule has 2 aromatic rings. The Morgan fingerprint density at radius 2 is 2.42 bits per heavy atom. The van der Waals surface area contributed by atoms with Crippen LogP contribution in [0.5, 0.6) is 0 Å². The third kappa shape index (κ3) is 2.26. The third-order valence-corrected chi connectivity index (χ3v) is 3.90. The number of carbonyl (C=O) groups excluding carboxylic acids is 1. The van der Waals surface area contributed by atoms with Gasteiger partial charge in [-0.15, -0.1) is 11.3 Å². The zero-order chi connectivity index (χ0) is 13.2. The van der Waals surface area contributed by atoms with Gasteiger partial charge in [-0.25, -0.2) is 9.97 Å². The Morgan fingerprint density at radius 3 is 3.11 bits per heavy atom. The molecule has 0 spiro atoms. The molecule has 0 bridgehead atoms. The molecule has 0 radical (unpaired) electrons. The lowest BCUT2D eigenvalue weighted by Gasteiger charge is -2.35. The molecule has 3 heterocycles. The minimum absolute atomic E-state index is 0.0178. The molecule has 0 saturated carbocycles. The summed E-state index contributed by atoms with van der Waals surface area (Å²) in [6.45, 7) is 2.20. The van der Waals surface area contributed by atoms with Gasteiger partial charge in [0.1, 0.15) is 17.6 Å². The summed E-state index contributed by atoms with van der Waals surface area (Å²) >= 11 is 1.44. The van der Waals surface area contributed by atoms with Crippen LogP contribution in [0.1, 0.15) is 22.4 Å². The molecule has 1 aliphatic heterocycles. The van der Waals surface area contributed by atoms with Gasteiger partial charge in [0.15, 0.2) is 0 Å². The number of amides is 1. The summed E-state index contributed by atoms with van der Waals surface area (Å²) in [5.41, 5.74) is 2.21. The van der Waals surface area contributed by atoms with E-state index in [0.717, 1.165) is 18.9 Å². The number of carbonyl (C=O) groups is 1. The zero-order valence-corrected chi connectivity index (χ0v) is 11.4. The van der Waals surface area contributed by atoms with Crippen molar-refractivity contribution in [3.63, 3.8) is 0 Å². The van der Waals surface area contributed by atoms with E-state index in [1.165, 1.54) is 11.3 Å². The van der Waals surface area contributed by atoms with Crippen LogP contribution in [-0.4, -0.2) is 45.0 Å². The summed E-state index contributed by atoms with van der Waals surface area (Å²) < 4.78 is 1.96. The van der Waals surface area contributed by atoms with Crippen molar-refractivity contribution in [3.8, 4) is 0 Å². The molecule has 1 aliphatic rings. The van der Waals surface area contributed by atoms with E-state index in [0.29, 0.717) is 12.2 Å². The normalized spacial score (nSPS) is 19.6. The van der Waals surface area contributed by atoms with Crippen molar-refractivity contribution < 1.29 is 4.79 Å². The van der Waals surface area contributed by atoms with E-state index >= 15 is 0 Å². The lowest BCUT2D eigenvalue weighted by atomic mass is 10.1. The lowest BCUT2D eigenvalue weighted by molar-refractivity contribution is 0.0615. The summed E-state index contributed by atoms with van der Waals surface area (Å²) in [7, 11) is 1.95. The number of hydrogen-bond acceptors (Lipinski definition) is 5. The first kappa shape index (κ1) is 12.3. The first-order valence-corrected chi connectivity index (χ1v) is 7.09. The first-order valence-electron chi connectivity index (χ1n) is 6.14. The number of rotatable bonds is 2. The molecular formula is C12H15N5OS. The Balaban J connectivity index is 1.90. The van der Waals surface area contributed by atoms with Crippen molar-refractivity contribution in [2.24, 2.45) is 7.05 Å². The van der Waals surface area contributed by atoms with Crippen LogP contribution < -0.4 is 5.32 Å². The summed E-state index contributed by atoms with van der Waals surface area (Å²) in [6, 6.07) is -0.0389. The molecule has 3 rings (SSSR count). The molecule has 0 aromatic carbocycles. The fraction of sp³-hybridized carbons (Fsp3) is 0.417. The van der Waals surface area contributed by atoms with E-state index in [9.17, 15) is 4.79 Å². The smallest absolute Gasteiger partial charge is 0.274 e. The predicted octanol–water partition coefficient (Wildman–Crippen LogP) is 0.663. The van der Waals surface area contributed by atoms with Gasteiger partial charge in [0, 0.05) is 44.5 Å². The fourth-order valence-corrected chi connectivity index (χ4v) is 2.87. The predicted molar refractivity (Wildman–Crippen MR) is 72.0 cm³/mol. The van der Waals surface area contributed by atoms with Gasteiger partial charge in [-0.2, -0.15) is 0 Å². The average Bonchev–Trinajstić information content (AvgIpc) is 3.09. The molecule has 7 heteroatoms. The van der Waals surface area contributed by atoms with Crippen molar-refractivity contribution in [1.82, 2.24) is 24.8 Å². The minimum atomic E-state index is -0.0389. The average molecular weight is 277 g/mol. The van der Waals surface area contributed by atoms with Crippen LogP contribution in [-0.2, 0) is 7.05 Å². The van der Waals surface area contributed by atoms with Crippen LogP contribution in [0.15, 0.2) is 23.3 Å². The maximum Gasteiger partial charge on any atom is 0.274 e. The lowest BCUT2D eigenvalue weighted by Crippen LogP contribution is -2.49. The molecule has 1 fully saturated rings. The molecule has 1 amide bonds. The van der Waals surface area contributed by atoms with Gasteiger partial charge >= 0.3 is 0 Å². The molecule has 100 valence electrons. The zero-order valence-electron chi connectivity index (χ0n) is 10.6. The summed E-state index contributed by atoms with van der Waals surface area (Å²) in [5.74, 6) is 0.881. The topological polar surface area (TPSA) is 63.1 Å². The van der Waals surface area contributed by atoms with Crippen LogP contribution in [0.3, 0.4) is 0 Å². The van der Waals surface area contributed by atoms with Crippen molar-refractivity contribution in [2.75, 3.05) is 19.6 Å². The van der Waals surface area contributed by atoms with E-state index in [1.54, 1.807) is 17.1 Å². The molecule has 2 aromatic heterocycles. The monoisotopic (exact) mass is 277 g/mol. The number of nitrogens with one attached hydrogen (secondary N) is 1. The maximum atomic E-state index is 12.5. The van der Waals surface area contributed by atoms with Crippen molar-refractivity contribution in [2.45, 2.75) is 6.04 Å². The summed E-state index contributed by atoms with van der Waals surface area (Å²) in [6.07, 6.45) is 3.66. The second-order valence-electron chi connectivity index (χ2n) is 4.49. The molecule has 0 aliphatic carbocycles. The third-order valence-electron chi connectivity index (χ3n) is 3.31. The number of piperazine rings is 1. The molecule has 1 N–H and O–H groups in total. The Bertz CT molecular complexity index is 564. The van der Waals surface area contributed by atoms with Gasteiger partial charge in [-0.05, 0) is 0 Å². The quantitative estimate of drug-likeness (QED) is 0.876. The first-order chi connectivity index (χ1) is 9.27. The van der Waals surface area contributed by atoms with E-state index in [4.69, 9.17) is 0 Å². The number of nitrogens with zero attached hydrogens (tertiary/aromatic N) is 4. The van der Waals surface area contributed by atoms with E-state index in [2.05, 4.69) is 15.3 Å². The second kappa shape index (κ2) is 5.10. The molecule has 1 unspecified atom stereocenters. The van der Waals surface area contributed by atoms with Crippen LogP contribution in [0.4, 0.5) is 0 Å². The standard InChI is InChI=1S/C12H15N5OS/c1-16-4-3-14-11(16)10-6-13-2-5-17(10)12(18)9-7-19-8-15-9/h3-4,7-8,10,13H,2,5-6H2,1H3. The Labute approximate surface area is 115 Å². The molecule has 19 heavy (non-hydrogen) atoms. The summed E-state index contributed by atoms with van der Waals surface area (Å²) in [5, 5.41) is 5.11. The largest absolute Gasteiger partial charge is 0.336 e. The number of hydrogen-bond donors (Lipinski definition) is 1. The van der Waals surface area contributed by atoms with Gasteiger partial charge in [0.2, 0.25) is 0 Å². The highest BCUT2D eigenvalue weighted by molar-refractivity contribution is 7.07. The van der Waals surface area contributed by atoms with Crippen molar-refractivity contribution in [1.29, 1.82) is 0 Å². The Kier molecular flexibility index (Phi) is 3.31. The van der Waals surface area contributed by atoms with Crippen molar-refractivity contribution >= 4 is 17.2 Å². The van der Waals surface area contributed by atoms with E-state index in [1.807, 2.05) is 22.7 Å². The number of aromatic nitrogens is 3. The molecular weight excluding hydrogens is 262 g/mol. The molecule has 1 atom stereocenters. The minimum Gasteiger partial charge on any atom is -0.336 e. The second-order valence-corrected chi connectivity index (χ2v) is 5.21. The highest BCUT2D eigenvalue weighted by Crippen LogP contribution is 2.22. The van der Waals surface area contributed by atoms with Crippen LogP contribution in [0.25, 0.3) is 0 Å². The van der Waals surface area contributed by atoms with Crippen LogP contribution in [0, 0.1) is 0 Å². The van der Waals surface area contributed by atoms with E-state index in [-0.39, 0.29) is 11.9 Å². The Morgan fingerprint density at radius 1 is 1.53 bits per heavy atom. The molecule has 1 saturated heterocycles. The van der Waals surface area contributed by atoms with Gasteiger partial charge < -0.3 is 14.8 Å². The van der Waals surface area contributed by atoms with Gasteiger partial charge in [0.25, 0.3) is 5.91 Å². The number of imidazole rings is 1. The van der Waals surface area contributed by atoms with E-state index < -0.39 is 0 Å². The fourth-order valence-electron chi connectivity index (χ4n) is 2.34. The van der Waals surface area contributed by atoms with Gasteiger partial charge in [-0.3, -0.25) is 4.79 Å². The van der Waals surface area contributed by atoms with Gasteiger partial charge in [0.05, 0.1) is 5.51 Å². The number of aryl methyl sites for hydroxylation is 1. The van der Waals surface area contributed by atoms with Crippen LogP contribution >= 0.6 is 11.3 Å². The highest BCUT2D eigenvalue weighted by atomic mass is 32.1. The highest BCUT2D eigenvalue weighted by Gasteiger charge is 2.31. The number of thiazole rings is 1. The maximum absolute atomic E-state index is 12.5. The van der Waals surface area contributed by atoms with Crippen molar-refractivity contribution in [3.05, 3.63) is 34.8 Å². The SMILES string of the molecule is Cn1ccnc1C1CNCCN1C(=O)c1cscn1. The van der Waals surface area contributed by atoms with Crippen LogP contribution in [0.2, 0.25) is 0 Å². The molecule has 6 nitrogen and oxygen atoms in total. The Hall–Kier alpha value is -1.73.